The van der Waals surface area contributed by atoms with Crippen molar-refractivity contribution >= 4 is 82.9 Å². The first-order chi connectivity index (χ1) is 31.8. The number of carbonyl (C=O) groups is 10. The lowest BCUT2D eigenvalue weighted by Gasteiger charge is -2.44. The van der Waals surface area contributed by atoms with Crippen LogP contribution in [0.1, 0.15) is 78.6 Å². The van der Waals surface area contributed by atoms with Gasteiger partial charge >= 0.3 is 35.8 Å². The molecular weight excluding hydrogens is 925 g/mol. The van der Waals surface area contributed by atoms with Gasteiger partial charge in [-0.25, -0.2) is 14.4 Å². The minimum Gasteiger partial charge on any atom is -0.480 e. The number of carboxylic acid groups (broad SMARTS) is 1. The van der Waals surface area contributed by atoms with E-state index in [1.54, 1.807) is 96.1 Å². The topological polar surface area (TPSA) is 284 Å². The number of hydrogen-bond acceptors (Lipinski definition) is 15. The van der Waals surface area contributed by atoms with E-state index in [4.69, 9.17) is 15.2 Å². The van der Waals surface area contributed by atoms with Gasteiger partial charge in [0.15, 0.2) is 0 Å². The molecule has 6 N–H and O–H groups in total. The highest BCUT2D eigenvalue weighted by Gasteiger charge is 2.66. The van der Waals surface area contributed by atoms with Crippen molar-refractivity contribution in [3.8, 4) is 0 Å². The number of β-lactam (4-membered cyclic amide) rings is 2. The Bertz CT molecular complexity index is 2360. The Hall–Kier alpha value is -6.20. The number of benzene rings is 2. The van der Waals surface area contributed by atoms with E-state index in [2.05, 4.69) is 16.0 Å². The molecule has 8 amide bonds. The number of piperazine rings is 1. The minimum absolute atomic E-state index is 0.0200. The highest BCUT2D eigenvalue weighted by atomic mass is 32.2. The summed E-state index contributed by atoms with van der Waals surface area (Å²) in [6, 6.07) is 10.4. The lowest BCUT2D eigenvalue weighted by molar-refractivity contribution is -0.180. The number of aliphatic carboxylic acids is 1. The molecular formula is C45H56N8O13S2. The first-order valence-electron chi connectivity index (χ1n) is 21.8. The van der Waals surface area contributed by atoms with E-state index in [1.807, 2.05) is 19.9 Å². The van der Waals surface area contributed by atoms with Gasteiger partial charge in [-0.2, -0.15) is 0 Å². The van der Waals surface area contributed by atoms with Gasteiger partial charge in [0.2, 0.25) is 30.4 Å². The Morgan fingerprint density at radius 2 is 1.25 bits per heavy atom. The first kappa shape index (κ1) is 51.2. The summed E-state index contributed by atoms with van der Waals surface area (Å²) in [5.74, 6) is -6.13. The summed E-state index contributed by atoms with van der Waals surface area (Å²) >= 11 is 2.68. The van der Waals surface area contributed by atoms with E-state index in [1.165, 1.54) is 38.2 Å². The Labute approximate surface area is 400 Å². The van der Waals surface area contributed by atoms with Crippen LogP contribution in [-0.4, -0.2) is 155 Å². The molecule has 5 fully saturated rings. The van der Waals surface area contributed by atoms with Crippen molar-refractivity contribution in [2.75, 3.05) is 26.4 Å². The van der Waals surface area contributed by atoms with Crippen molar-refractivity contribution in [2.45, 2.75) is 112 Å². The van der Waals surface area contributed by atoms with Crippen molar-refractivity contribution in [1.82, 2.24) is 35.6 Å². The molecule has 8 atom stereocenters. The molecule has 2 aromatic carbocycles. The van der Waals surface area contributed by atoms with Gasteiger partial charge in [0.1, 0.15) is 47.0 Å². The summed E-state index contributed by atoms with van der Waals surface area (Å²) in [4.78, 5) is 130. The van der Waals surface area contributed by atoms with Gasteiger partial charge in [-0.3, -0.25) is 38.5 Å². The number of esters is 2. The van der Waals surface area contributed by atoms with Gasteiger partial charge < -0.3 is 51.0 Å². The smallest absolute Gasteiger partial charge is 0.333 e. The predicted octanol–water partition coefficient (Wildman–Crippen LogP) is 1.08. The first-order valence-corrected chi connectivity index (χ1v) is 23.5. The maximum absolute atomic E-state index is 13.3. The van der Waals surface area contributed by atoms with E-state index >= 15 is 0 Å². The fourth-order valence-electron chi connectivity index (χ4n) is 8.32. The molecule has 68 heavy (non-hydrogen) atoms. The third kappa shape index (κ3) is 10.1. The molecule has 0 aliphatic carbocycles. The molecule has 366 valence electrons. The average Bonchev–Trinajstić information content (AvgIpc) is 3.71. The number of carbonyl (C=O) groups excluding carboxylic acids is 9. The van der Waals surface area contributed by atoms with Gasteiger partial charge in [0, 0.05) is 29.1 Å². The summed E-state index contributed by atoms with van der Waals surface area (Å²) in [6.45, 7) is 13.9. The number of likely N-dealkylation sites (N-methyl/N-ethyl adjacent to an activating group) is 1. The normalized spacial score (nSPS) is 25.2. The van der Waals surface area contributed by atoms with Gasteiger partial charge in [0.05, 0.1) is 5.41 Å². The predicted molar refractivity (Wildman–Crippen MR) is 245 cm³/mol. The number of hydrogen-bond donors (Lipinski definition) is 5. The molecule has 7 rings (SSSR count). The molecule has 21 nitrogen and oxygen atoms in total. The van der Waals surface area contributed by atoms with E-state index < -0.39 is 122 Å². The van der Waals surface area contributed by atoms with Crippen LogP contribution in [0.25, 0.3) is 0 Å². The van der Waals surface area contributed by atoms with Crippen LogP contribution >= 0.6 is 23.5 Å². The number of imide groups is 1. The Morgan fingerprint density at radius 3 is 1.76 bits per heavy atom. The number of amides is 8. The summed E-state index contributed by atoms with van der Waals surface area (Å²) in [6.07, 6.45) is 0. The summed E-state index contributed by atoms with van der Waals surface area (Å²) < 4.78 is 8.72. The Balaban J connectivity index is 0.000000226. The number of nitrogens with one attached hydrogen (secondary N) is 3. The van der Waals surface area contributed by atoms with E-state index in [-0.39, 0.29) is 19.0 Å². The number of thioether (sulfide) groups is 2. The van der Waals surface area contributed by atoms with E-state index in [0.29, 0.717) is 17.7 Å². The zero-order chi connectivity index (χ0) is 50.2. The summed E-state index contributed by atoms with van der Waals surface area (Å²) in [5, 5.41) is 16.5. The molecule has 0 radical (unpaired) electrons. The van der Waals surface area contributed by atoms with Crippen LogP contribution in [0.15, 0.2) is 60.7 Å². The van der Waals surface area contributed by atoms with Gasteiger partial charge in [-0.1, -0.05) is 60.7 Å². The number of nitrogens with two attached hydrogens (primary N) is 1. The molecule has 0 unspecified atom stereocenters. The number of urea groups is 1. The van der Waals surface area contributed by atoms with Gasteiger partial charge in [-0.15, -0.1) is 23.5 Å². The van der Waals surface area contributed by atoms with Gasteiger partial charge in [-0.05, 0) is 66.5 Å². The zero-order valence-corrected chi connectivity index (χ0v) is 40.4. The number of carboxylic acids is 1. The number of nitrogens with zero attached hydrogens (tertiary/aromatic N) is 4. The lowest BCUT2D eigenvalue weighted by Crippen LogP contribution is -2.71. The summed E-state index contributed by atoms with van der Waals surface area (Å²) in [5.41, 5.74) is 6.35. The second kappa shape index (κ2) is 19.8. The minimum atomic E-state index is -1.26. The summed E-state index contributed by atoms with van der Waals surface area (Å²) in [7, 11) is 0. The maximum Gasteiger partial charge on any atom is 0.333 e. The van der Waals surface area contributed by atoms with Crippen LogP contribution in [0.2, 0.25) is 0 Å². The number of rotatable bonds is 12. The average molecular weight is 981 g/mol. The largest absolute Gasteiger partial charge is 0.480 e. The molecule has 0 aromatic heterocycles. The molecule has 23 heteroatoms. The van der Waals surface area contributed by atoms with Crippen molar-refractivity contribution in [3.63, 3.8) is 0 Å². The zero-order valence-electron chi connectivity index (χ0n) is 38.7. The van der Waals surface area contributed by atoms with Crippen LogP contribution in [0.5, 0.6) is 0 Å². The SMILES string of the molecule is CC(C)(C)C(=O)OCOC(=O)[C@@H]1N2C(=O)[C@@H](NC(=O)[C@H](N)c3ccccc3)[C@H]2SC1(C)C.CCN1CCN(C(=O)N[C@@H](C(=O)N[C@@H]2C(=O)N3[C@@H]2SC(C)(C)[C@@H]3C(=O)O)c2ccccc2)C(=O)C1=O. The Morgan fingerprint density at radius 1 is 0.750 bits per heavy atom. The lowest BCUT2D eigenvalue weighted by atomic mass is 9.95. The van der Waals surface area contributed by atoms with Crippen molar-refractivity contribution in [3.05, 3.63) is 71.8 Å². The highest BCUT2D eigenvalue weighted by Crippen LogP contribution is 2.52. The second-order valence-corrected chi connectivity index (χ2v) is 22.2. The van der Waals surface area contributed by atoms with Crippen LogP contribution in [0, 0.1) is 5.41 Å². The van der Waals surface area contributed by atoms with Crippen molar-refractivity contribution in [2.24, 2.45) is 11.1 Å². The molecule has 5 aliphatic rings. The molecule has 5 heterocycles. The second-order valence-electron chi connectivity index (χ2n) is 18.6. The fourth-order valence-corrected chi connectivity index (χ4v) is 11.6. The molecule has 5 aliphatic heterocycles. The third-order valence-electron chi connectivity index (χ3n) is 12.0. The molecule has 2 aromatic rings. The monoisotopic (exact) mass is 980 g/mol. The van der Waals surface area contributed by atoms with Crippen LogP contribution in [0.3, 0.4) is 0 Å². The van der Waals surface area contributed by atoms with Crippen molar-refractivity contribution in [1.29, 1.82) is 0 Å². The molecule has 5 saturated heterocycles. The Kier molecular flexibility index (Phi) is 14.9. The van der Waals surface area contributed by atoms with E-state index in [0.717, 1.165) is 4.90 Å². The molecule has 0 bridgehead atoms. The highest BCUT2D eigenvalue weighted by molar-refractivity contribution is 8.02. The fraction of sp³-hybridized carbons (Fsp3) is 0.511. The third-order valence-corrected chi connectivity index (χ3v) is 15.1. The van der Waals surface area contributed by atoms with Gasteiger partial charge in [0.25, 0.3) is 0 Å². The molecule has 0 saturated carbocycles. The van der Waals surface area contributed by atoms with E-state index in [9.17, 15) is 53.1 Å². The number of fused-ring (bicyclic) bond motifs is 2. The standard InChI is InChI=1S/C23H27N5O7S.C22H29N3O6S/c1-4-26-10-11-27(19(32)18(26)31)22(35)25-13(12-8-6-5-7-9-12)16(29)24-14-17(30)28-15(21(33)34)23(2,3)36-20(14)28;1-21(2,3)20(29)31-11-30-19(28)15-22(4,5)32-18-14(17(27)25(15)18)24-16(26)13(23)12-9-7-6-8-10-12/h5-9,13-15,20H,4,10-11H2,1-3H3,(H,24,29)(H,25,35)(H,33,34);6-10,13-15,18H,11,23H2,1-5H3,(H,24,26)/t13-,14-,15+,20-;13-,14-,15+,18-/m11/s1. The number of ether oxygens (including phenoxy) is 2. The molecule has 0 spiro atoms. The maximum atomic E-state index is 13.3. The van der Waals surface area contributed by atoms with Crippen LogP contribution in [-0.2, 0) is 52.6 Å². The quantitative estimate of drug-likeness (QED) is 0.0861. The van der Waals surface area contributed by atoms with Crippen LogP contribution in [0.4, 0.5) is 4.79 Å². The van der Waals surface area contributed by atoms with Crippen molar-refractivity contribution < 1.29 is 62.5 Å². The van der Waals surface area contributed by atoms with Crippen LogP contribution < -0.4 is 21.7 Å².